The largest absolute Gasteiger partial charge is 0.382 e. The van der Waals surface area contributed by atoms with Crippen molar-refractivity contribution in [3.05, 3.63) is 20.8 Å². The van der Waals surface area contributed by atoms with Crippen molar-refractivity contribution in [2.45, 2.75) is 26.8 Å². The van der Waals surface area contributed by atoms with Gasteiger partial charge in [-0.15, -0.1) is 11.3 Å². The van der Waals surface area contributed by atoms with Gasteiger partial charge in [-0.3, -0.25) is 0 Å². The van der Waals surface area contributed by atoms with Crippen molar-refractivity contribution in [2.75, 3.05) is 26.3 Å². The van der Waals surface area contributed by atoms with Crippen molar-refractivity contribution in [1.82, 2.24) is 10.6 Å². The Morgan fingerprint density at radius 3 is 2.89 bits per heavy atom. The maximum absolute atomic E-state index is 5.30. The van der Waals surface area contributed by atoms with E-state index < -0.39 is 0 Å². The van der Waals surface area contributed by atoms with E-state index in [1.54, 1.807) is 11.3 Å². The summed E-state index contributed by atoms with van der Waals surface area (Å²) < 4.78 is 6.43. The Kier molecular flexibility index (Phi) is 8.86. The lowest BCUT2D eigenvalue weighted by molar-refractivity contribution is 0.145. The molecule has 19 heavy (non-hydrogen) atoms. The Bertz CT molecular complexity index is 382. The molecule has 0 aliphatic rings. The minimum atomic E-state index is 0.705. The molecule has 0 saturated heterocycles. The molecule has 0 radical (unpaired) electrons. The molecule has 0 aliphatic heterocycles. The van der Waals surface area contributed by atoms with Crippen molar-refractivity contribution >= 4 is 33.2 Å². The number of aliphatic imine (C=N–C) groups is 1. The number of ether oxygens (including phenoxy) is 1. The summed E-state index contributed by atoms with van der Waals surface area (Å²) in [5.41, 5.74) is 0. The topological polar surface area (TPSA) is 45.7 Å². The van der Waals surface area contributed by atoms with Crippen molar-refractivity contribution in [1.29, 1.82) is 0 Å². The highest BCUT2D eigenvalue weighted by molar-refractivity contribution is 9.10. The van der Waals surface area contributed by atoms with Gasteiger partial charge in [-0.1, -0.05) is 0 Å². The van der Waals surface area contributed by atoms with Gasteiger partial charge >= 0.3 is 0 Å². The van der Waals surface area contributed by atoms with Gasteiger partial charge in [0.15, 0.2) is 5.96 Å². The summed E-state index contributed by atoms with van der Waals surface area (Å²) in [5, 5.41) is 8.63. The molecule has 1 aromatic rings. The summed E-state index contributed by atoms with van der Waals surface area (Å²) in [6, 6.07) is 2.10. The van der Waals surface area contributed by atoms with Crippen LogP contribution < -0.4 is 10.6 Å². The van der Waals surface area contributed by atoms with Crippen LogP contribution >= 0.6 is 27.3 Å². The maximum atomic E-state index is 5.30. The molecular formula is C13H22BrN3OS. The van der Waals surface area contributed by atoms with E-state index in [0.29, 0.717) is 6.54 Å². The zero-order valence-corrected chi connectivity index (χ0v) is 13.9. The van der Waals surface area contributed by atoms with Crippen molar-refractivity contribution < 1.29 is 4.74 Å². The first-order chi connectivity index (χ1) is 9.26. The highest BCUT2D eigenvalue weighted by atomic mass is 79.9. The summed E-state index contributed by atoms with van der Waals surface area (Å²) in [5.74, 6) is 0.864. The van der Waals surface area contributed by atoms with E-state index in [1.165, 1.54) is 4.88 Å². The monoisotopic (exact) mass is 347 g/mol. The highest BCUT2D eigenvalue weighted by Gasteiger charge is 1.99. The third kappa shape index (κ3) is 7.54. The molecule has 0 aliphatic carbocycles. The minimum Gasteiger partial charge on any atom is -0.382 e. The molecule has 2 N–H and O–H groups in total. The standard InChI is InChI=1S/C13H22BrN3OS/c1-3-15-13(16-6-5-7-18-4-2)17-9-12-8-11(14)10-19-12/h8,10H,3-7,9H2,1-2H3,(H2,15,16,17). The molecule has 0 saturated carbocycles. The van der Waals surface area contributed by atoms with E-state index in [0.717, 1.165) is 43.2 Å². The summed E-state index contributed by atoms with van der Waals surface area (Å²) in [4.78, 5) is 5.81. The Labute approximate surface area is 127 Å². The molecular weight excluding hydrogens is 326 g/mol. The fraction of sp³-hybridized carbons (Fsp3) is 0.615. The van der Waals surface area contributed by atoms with E-state index in [-0.39, 0.29) is 0 Å². The number of nitrogens with one attached hydrogen (secondary N) is 2. The third-order valence-corrected chi connectivity index (χ3v) is 4.00. The van der Waals surface area contributed by atoms with Gasteiger partial charge in [0.25, 0.3) is 0 Å². The van der Waals surface area contributed by atoms with Crippen LogP contribution in [0.2, 0.25) is 0 Å². The van der Waals surface area contributed by atoms with Crippen LogP contribution in [0.25, 0.3) is 0 Å². The molecule has 0 atom stereocenters. The first-order valence-corrected chi connectivity index (χ1v) is 8.26. The number of halogens is 1. The van der Waals surface area contributed by atoms with Crippen LogP contribution in [0.3, 0.4) is 0 Å². The number of rotatable bonds is 8. The Morgan fingerprint density at radius 2 is 2.26 bits per heavy atom. The molecule has 0 bridgehead atoms. The van der Waals surface area contributed by atoms with Gasteiger partial charge in [-0.05, 0) is 42.3 Å². The Hall–Kier alpha value is -0.590. The van der Waals surface area contributed by atoms with Gasteiger partial charge in [0.1, 0.15) is 0 Å². The van der Waals surface area contributed by atoms with Gasteiger partial charge in [0, 0.05) is 41.0 Å². The summed E-state index contributed by atoms with van der Waals surface area (Å²) >= 11 is 5.17. The predicted molar refractivity (Wildman–Crippen MR) is 85.9 cm³/mol. The fourth-order valence-electron chi connectivity index (χ4n) is 1.46. The molecule has 1 heterocycles. The van der Waals surface area contributed by atoms with Gasteiger partial charge in [-0.2, -0.15) is 0 Å². The van der Waals surface area contributed by atoms with Crippen LogP contribution in [0, 0.1) is 0 Å². The van der Waals surface area contributed by atoms with Crippen LogP contribution in [0.15, 0.2) is 20.9 Å². The molecule has 0 aromatic carbocycles. The fourth-order valence-corrected chi connectivity index (χ4v) is 2.84. The molecule has 108 valence electrons. The predicted octanol–water partition coefficient (Wildman–Crippen LogP) is 2.99. The highest BCUT2D eigenvalue weighted by Crippen LogP contribution is 2.20. The maximum Gasteiger partial charge on any atom is 0.191 e. The van der Waals surface area contributed by atoms with E-state index in [1.807, 2.05) is 6.92 Å². The number of guanidine groups is 1. The van der Waals surface area contributed by atoms with Crippen LogP contribution in [0.4, 0.5) is 0 Å². The second-order valence-electron chi connectivity index (χ2n) is 3.90. The number of nitrogens with zero attached hydrogens (tertiary/aromatic N) is 1. The van der Waals surface area contributed by atoms with E-state index >= 15 is 0 Å². The second kappa shape index (κ2) is 10.2. The molecule has 0 amide bonds. The lowest BCUT2D eigenvalue weighted by Crippen LogP contribution is -2.38. The lowest BCUT2D eigenvalue weighted by Gasteiger charge is -2.10. The molecule has 6 heteroatoms. The summed E-state index contributed by atoms with van der Waals surface area (Å²) in [7, 11) is 0. The van der Waals surface area contributed by atoms with Crippen LogP contribution in [-0.4, -0.2) is 32.3 Å². The summed E-state index contributed by atoms with van der Waals surface area (Å²) in [6.45, 7) is 8.10. The lowest BCUT2D eigenvalue weighted by atomic mass is 10.4. The van der Waals surface area contributed by atoms with Crippen LogP contribution in [0.5, 0.6) is 0 Å². The average Bonchev–Trinajstić information content (AvgIpc) is 2.81. The molecule has 1 rings (SSSR count). The quantitative estimate of drug-likeness (QED) is 0.431. The zero-order valence-electron chi connectivity index (χ0n) is 11.5. The average molecular weight is 348 g/mol. The van der Waals surface area contributed by atoms with Crippen LogP contribution in [-0.2, 0) is 11.3 Å². The third-order valence-electron chi connectivity index (χ3n) is 2.32. The van der Waals surface area contributed by atoms with Crippen LogP contribution in [0.1, 0.15) is 25.1 Å². The van der Waals surface area contributed by atoms with Gasteiger partial charge in [0.05, 0.1) is 6.54 Å². The Morgan fingerprint density at radius 1 is 1.42 bits per heavy atom. The molecule has 1 aromatic heterocycles. The van der Waals surface area contributed by atoms with Crippen molar-refractivity contribution in [3.63, 3.8) is 0 Å². The van der Waals surface area contributed by atoms with Crippen molar-refractivity contribution in [2.24, 2.45) is 4.99 Å². The number of hydrogen-bond donors (Lipinski definition) is 2. The smallest absolute Gasteiger partial charge is 0.191 e. The van der Waals surface area contributed by atoms with E-state index in [9.17, 15) is 0 Å². The molecule has 0 fully saturated rings. The number of hydrogen-bond acceptors (Lipinski definition) is 3. The normalized spacial score (nSPS) is 11.6. The SMILES string of the molecule is CCNC(=NCc1cc(Br)cs1)NCCCOCC. The number of thiophene rings is 1. The minimum absolute atomic E-state index is 0.705. The Balaban J connectivity index is 2.33. The van der Waals surface area contributed by atoms with Gasteiger partial charge < -0.3 is 15.4 Å². The molecule has 0 spiro atoms. The first-order valence-electron chi connectivity index (χ1n) is 6.59. The molecule has 0 unspecified atom stereocenters. The first kappa shape index (κ1) is 16.5. The van der Waals surface area contributed by atoms with Gasteiger partial charge in [-0.25, -0.2) is 4.99 Å². The zero-order chi connectivity index (χ0) is 13.9. The van der Waals surface area contributed by atoms with E-state index in [4.69, 9.17) is 4.74 Å². The second-order valence-corrected chi connectivity index (χ2v) is 5.82. The summed E-state index contributed by atoms with van der Waals surface area (Å²) in [6.07, 6.45) is 0.989. The molecule has 4 nitrogen and oxygen atoms in total. The van der Waals surface area contributed by atoms with Crippen molar-refractivity contribution in [3.8, 4) is 0 Å². The van der Waals surface area contributed by atoms with E-state index in [2.05, 4.69) is 49.9 Å². The van der Waals surface area contributed by atoms with Gasteiger partial charge in [0.2, 0.25) is 0 Å².